The highest BCUT2D eigenvalue weighted by Crippen LogP contribution is 2.45. The first kappa shape index (κ1) is 32.6. The van der Waals surface area contributed by atoms with Gasteiger partial charge in [0.05, 0.1) is 0 Å². The molecule has 0 spiro atoms. The lowest BCUT2D eigenvalue weighted by Gasteiger charge is -2.06. The SMILES string of the molecule is CCCCCCCCc1ccsc1-c1cc(CCCCCCCC)c(-c2sccc2CCCCCCCC)s1. The van der Waals surface area contributed by atoms with E-state index in [9.17, 15) is 0 Å². The van der Waals surface area contributed by atoms with Gasteiger partial charge in [-0.2, -0.15) is 0 Å². The van der Waals surface area contributed by atoms with E-state index in [-0.39, 0.29) is 0 Å². The number of hydrogen-bond donors (Lipinski definition) is 0. The van der Waals surface area contributed by atoms with Gasteiger partial charge in [0, 0.05) is 19.5 Å². The Bertz CT molecular complexity index is 1000. The summed E-state index contributed by atoms with van der Waals surface area (Å²) in [4.78, 5) is 6.25. The predicted octanol–water partition coefficient (Wildman–Crippen LogP) is 13.9. The van der Waals surface area contributed by atoms with Gasteiger partial charge in [-0.1, -0.05) is 117 Å². The molecule has 3 aromatic rings. The van der Waals surface area contributed by atoms with E-state index >= 15 is 0 Å². The molecule has 0 aromatic carbocycles. The number of aryl methyl sites for hydroxylation is 3. The van der Waals surface area contributed by atoms with Gasteiger partial charge >= 0.3 is 0 Å². The van der Waals surface area contributed by atoms with Crippen molar-refractivity contribution in [1.29, 1.82) is 0 Å². The highest BCUT2D eigenvalue weighted by Gasteiger charge is 2.18. The number of hydrogen-bond acceptors (Lipinski definition) is 3. The molecule has 3 aromatic heterocycles. The summed E-state index contributed by atoms with van der Waals surface area (Å²) in [5.41, 5.74) is 4.82. The Morgan fingerprint density at radius 3 is 1.36 bits per heavy atom. The van der Waals surface area contributed by atoms with Crippen LogP contribution in [0.1, 0.15) is 153 Å². The maximum atomic E-state index is 2.59. The smallest absolute Gasteiger partial charge is 0.0484 e. The van der Waals surface area contributed by atoms with Gasteiger partial charge in [0.1, 0.15) is 0 Å². The molecule has 0 saturated carbocycles. The molecule has 39 heavy (non-hydrogen) atoms. The van der Waals surface area contributed by atoms with Crippen molar-refractivity contribution in [1.82, 2.24) is 0 Å². The van der Waals surface area contributed by atoms with E-state index in [1.54, 1.807) is 31.3 Å². The van der Waals surface area contributed by atoms with Crippen molar-refractivity contribution in [2.45, 2.75) is 156 Å². The van der Waals surface area contributed by atoms with Crippen molar-refractivity contribution in [2.24, 2.45) is 0 Å². The maximum absolute atomic E-state index is 2.59. The summed E-state index contributed by atoms with van der Waals surface area (Å²) < 4.78 is 0. The van der Waals surface area contributed by atoms with Gasteiger partial charge in [-0.15, -0.1) is 34.0 Å². The lowest BCUT2D eigenvalue weighted by Crippen LogP contribution is -1.89. The zero-order valence-electron chi connectivity index (χ0n) is 25.5. The maximum Gasteiger partial charge on any atom is 0.0484 e. The molecule has 0 unspecified atom stereocenters. The number of thiophene rings is 3. The molecule has 3 heteroatoms. The second-order valence-corrected chi connectivity index (χ2v) is 14.5. The van der Waals surface area contributed by atoms with Gasteiger partial charge in [-0.05, 0) is 84.2 Å². The molecule has 0 atom stereocenters. The van der Waals surface area contributed by atoms with Crippen LogP contribution >= 0.6 is 34.0 Å². The Morgan fingerprint density at radius 1 is 0.436 bits per heavy atom. The third-order valence-corrected chi connectivity index (χ3v) is 11.6. The van der Waals surface area contributed by atoms with Crippen LogP contribution in [0.15, 0.2) is 29.0 Å². The molecular weight excluding hydrogens is 529 g/mol. The Labute approximate surface area is 253 Å². The third-order valence-electron chi connectivity index (χ3n) is 8.13. The van der Waals surface area contributed by atoms with Crippen molar-refractivity contribution in [2.75, 3.05) is 0 Å². The molecule has 3 heterocycles. The standard InChI is InChI=1S/C36H56S3/c1-4-7-10-13-16-19-22-30-25-27-37-34(30)33-29-32(24-21-18-15-12-9-6-3)36(39-33)35-31(26-28-38-35)23-20-17-14-11-8-5-2/h25-29H,4-24H2,1-3H3. The van der Waals surface area contributed by atoms with Gasteiger partial charge < -0.3 is 0 Å². The average molecular weight is 585 g/mol. The fraction of sp³-hybridized carbons (Fsp3) is 0.667. The lowest BCUT2D eigenvalue weighted by atomic mass is 10.0. The topological polar surface area (TPSA) is 0 Å². The van der Waals surface area contributed by atoms with Gasteiger partial charge in [0.15, 0.2) is 0 Å². The summed E-state index contributed by atoms with van der Waals surface area (Å²) in [6, 6.07) is 7.43. The highest BCUT2D eigenvalue weighted by molar-refractivity contribution is 7.26. The second-order valence-electron chi connectivity index (χ2n) is 11.6. The zero-order chi connectivity index (χ0) is 27.5. The number of rotatable bonds is 23. The van der Waals surface area contributed by atoms with Gasteiger partial charge in [0.25, 0.3) is 0 Å². The average Bonchev–Trinajstić information content (AvgIpc) is 3.70. The molecule has 218 valence electrons. The van der Waals surface area contributed by atoms with E-state index in [4.69, 9.17) is 0 Å². The Balaban J connectivity index is 1.70. The normalized spacial score (nSPS) is 11.6. The van der Waals surface area contributed by atoms with Crippen molar-refractivity contribution >= 4 is 34.0 Å². The van der Waals surface area contributed by atoms with Crippen LogP contribution in [0.4, 0.5) is 0 Å². The third kappa shape index (κ3) is 11.5. The monoisotopic (exact) mass is 584 g/mol. The van der Waals surface area contributed by atoms with E-state index in [2.05, 4.69) is 61.1 Å². The Kier molecular flexibility index (Phi) is 16.8. The van der Waals surface area contributed by atoms with Gasteiger partial charge in [-0.3, -0.25) is 0 Å². The van der Waals surface area contributed by atoms with Crippen LogP contribution in [0.25, 0.3) is 19.5 Å². The largest absolute Gasteiger partial charge is 0.143 e. The minimum atomic E-state index is 1.24. The molecule has 0 bridgehead atoms. The summed E-state index contributed by atoms with van der Waals surface area (Å²) in [6.45, 7) is 6.93. The molecule has 0 saturated heterocycles. The molecule has 0 radical (unpaired) electrons. The Hall–Kier alpha value is -0.900. The summed E-state index contributed by atoms with van der Waals surface area (Å²) in [7, 11) is 0. The van der Waals surface area contributed by atoms with E-state index in [0.717, 1.165) is 0 Å². The van der Waals surface area contributed by atoms with E-state index in [1.807, 2.05) is 22.7 Å². The van der Waals surface area contributed by atoms with Crippen LogP contribution in [0.2, 0.25) is 0 Å². The van der Waals surface area contributed by atoms with Gasteiger partial charge in [-0.25, -0.2) is 0 Å². The van der Waals surface area contributed by atoms with Crippen LogP contribution < -0.4 is 0 Å². The minimum Gasteiger partial charge on any atom is -0.143 e. The summed E-state index contributed by atoms with van der Waals surface area (Å²) in [5, 5.41) is 4.69. The molecule has 3 rings (SSSR count). The summed E-state index contributed by atoms with van der Waals surface area (Å²) in [6.07, 6.45) is 28.5. The summed E-state index contributed by atoms with van der Waals surface area (Å²) >= 11 is 6.06. The molecule has 0 aliphatic rings. The van der Waals surface area contributed by atoms with Crippen LogP contribution in [0, 0.1) is 0 Å². The molecule has 0 nitrogen and oxygen atoms in total. The molecule has 0 fully saturated rings. The second kappa shape index (κ2) is 20.1. The zero-order valence-corrected chi connectivity index (χ0v) is 27.9. The summed E-state index contributed by atoms with van der Waals surface area (Å²) in [5.74, 6) is 0. The molecule has 0 N–H and O–H groups in total. The molecule has 0 aliphatic carbocycles. The predicted molar refractivity (Wildman–Crippen MR) is 182 cm³/mol. The van der Waals surface area contributed by atoms with E-state index < -0.39 is 0 Å². The van der Waals surface area contributed by atoms with Crippen molar-refractivity contribution < 1.29 is 0 Å². The first-order valence-electron chi connectivity index (χ1n) is 16.5. The fourth-order valence-electron chi connectivity index (χ4n) is 5.69. The first-order chi connectivity index (χ1) is 19.3. The molecule has 0 aliphatic heterocycles. The quantitative estimate of drug-likeness (QED) is 0.0972. The van der Waals surface area contributed by atoms with Crippen LogP contribution in [-0.2, 0) is 19.3 Å². The van der Waals surface area contributed by atoms with Crippen molar-refractivity contribution in [3.05, 3.63) is 45.6 Å². The fourth-order valence-corrected chi connectivity index (χ4v) is 9.18. The van der Waals surface area contributed by atoms with E-state index in [0.29, 0.717) is 0 Å². The van der Waals surface area contributed by atoms with E-state index in [1.165, 1.54) is 140 Å². The van der Waals surface area contributed by atoms with Gasteiger partial charge in [0.2, 0.25) is 0 Å². The van der Waals surface area contributed by atoms with Crippen LogP contribution in [-0.4, -0.2) is 0 Å². The minimum absolute atomic E-state index is 1.24. The Morgan fingerprint density at radius 2 is 0.846 bits per heavy atom. The number of unbranched alkanes of at least 4 members (excludes halogenated alkanes) is 15. The lowest BCUT2D eigenvalue weighted by molar-refractivity contribution is 0.607. The van der Waals surface area contributed by atoms with Crippen LogP contribution in [0.3, 0.4) is 0 Å². The first-order valence-corrected chi connectivity index (χ1v) is 19.1. The molecule has 0 amide bonds. The highest BCUT2D eigenvalue weighted by atomic mass is 32.1. The van der Waals surface area contributed by atoms with Crippen LogP contribution in [0.5, 0.6) is 0 Å². The van der Waals surface area contributed by atoms with Crippen molar-refractivity contribution in [3.63, 3.8) is 0 Å². The molecular formula is C36H56S3. The van der Waals surface area contributed by atoms with Crippen molar-refractivity contribution in [3.8, 4) is 19.5 Å².